The standard InChI is InChI=1S/C27H25N5O/c1-2-8-23-22(7-1)30-26(31-23)17-32(24-9-3-5-21-6-4-14-29-27(21)24)16-19-10-12-20(13-11-19)25-15-28-18-33-25/h1-2,4,6-8,10-15,18,24H,3,5,9,16-17H2,(H,30,31). The van der Waals surface area contributed by atoms with E-state index in [1.807, 2.05) is 24.4 Å². The van der Waals surface area contributed by atoms with Crippen LogP contribution in [0.1, 0.15) is 41.5 Å². The number of hydrogen-bond acceptors (Lipinski definition) is 5. The molecule has 1 aliphatic rings. The van der Waals surface area contributed by atoms with Crippen LogP contribution in [-0.4, -0.2) is 24.8 Å². The van der Waals surface area contributed by atoms with Crippen LogP contribution in [0, 0.1) is 0 Å². The number of aryl methyl sites for hydroxylation is 1. The lowest BCUT2D eigenvalue weighted by Crippen LogP contribution is -2.31. The van der Waals surface area contributed by atoms with Crippen LogP contribution in [0.5, 0.6) is 0 Å². The van der Waals surface area contributed by atoms with Crippen molar-refractivity contribution in [3.05, 3.63) is 102 Å². The Kier molecular flexibility index (Phi) is 5.20. The second-order valence-corrected chi connectivity index (χ2v) is 8.62. The number of fused-ring (bicyclic) bond motifs is 2. The first-order chi connectivity index (χ1) is 16.3. The van der Waals surface area contributed by atoms with E-state index in [1.54, 1.807) is 6.20 Å². The molecule has 3 aromatic heterocycles. The quantitative estimate of drug-likeness (QED) is 0.371. The molecular formula is C27H25N5O. The molecule has 6 heteroatoms. The van der Waals surface area contributed by atoms with Crippen LogP contribution in [-0.2, 0) is 19.5 Å². The Hall–Kier alpha value is -3.77. The minimum absolute atomic E-state index is 0.261. The molecular weight excluding hydrogens is 410 g/mol. The van der Waals surface area contributed by atoms with E-state index in [1.165, 1.54) is 29.6 Å². The molecule has 6 nitrogen and oxygen atoms in total. The number of aromatic nitrogens is 4. The van der Waals surface area contributed by atoms with Gasteiger partial charge < -0.3 is 9.40 Å². The van der Waals surface area contributed by atoms with E-state index in [2.05, 4.69) is 57.3 Å². The summed E-state index contributed by atoms with van der Waals surface area (Å²) in [7, 11) is 0. The highest BCUT2D eigenvalue weighted by Crippen LogP contribution is 2.35. The summed E-state index contributed by atoms with van der Waals surface area (Å²) < 4.78 is 5.44. The second-order valence-electron chi connectivity index (χ2n) is 8.62. The normalized spacial score (nSPS) is 15.7. The maximum absolute atomic E-state index is 5.44. The summed E-state index contributed by atoms with van der Waals surface area (Å²) in [6.45, 7) is 1.55. The number of rotatable bonds is 6. The Balaban J connectivity index is 1.32. The maximum atomic E-state index is 5.44. The molecule has 0 fully saturated rings. The summed E-state index contributed by atoms with van der Waals surface area (Å²) in [5.41, 5.74) is 6.93. The minimum Gasteiger partial charge on any atom is -0.444 e. The number of benzene rings is 2. The summed E-state index contributed by atoms with van der Waals surface area (Å²) in [6.07, 6.45) is 8.50. The fourth-order valence-electron chi connectivity index (χ4n) is 4.86. The molecule has 1 atom stereocenters. The molecule has 3 heterocycles. The van der Waals surface area contributed by atoms with Crippen molar-refractivity contribution in [1.82, 2.24) is 24.8 Å². The Bertz CT molecular complexity index is 1320. The lowest BCUT2D eigenvalue weighted by molar-refractivity contribution is 0.153. The molecule has 0 spiro atoms. The van der Waals surface area contributed by atoms with Gasteiger partial charge in [-0.25, -0.2) is 9.97 Å². The predicted molar refractivity (Wildman–Crippen MR) is 127 cm³/mol. The first kappa shape index (κ1) is 19.9. The summed E-state index contributed by atoms with van der Waals surface area (Å²) in [5, 5.41) is 0. The third-order valence-electron chi connectivity index (χ3n) is 6.45. The molecule has 0 radical (unpaired) electrons. The second kappa shape index (κ2) is 8.64. The van der Waals surface area contributed by atoms with Crippen LogP contribution in [0.4, 0.5) is 0 Å². The number of imidazole rings is 1. The molecule has 1 N–H and O–H groups in total. The van der Waals surface area contributed by atoms with Gasteiger partial charge in [0.15, 0.2) is 12.2 Å². The molecule has 0 bridgehead atoms. The molecule has 5 aromatic rings. The third-order valence-corrected chi connectivity index (χ3v) is 6.45. The SMILES string of the molecule is c1cnc2c(c1)CCCC2N(Cc1ccc(-c2cnco2)cc1)Cc1nc2ccccc2[nH]1. The predicted octanol–water partition coefficient (Wildman–Crippen LogP) is 5.69. The molecule has 2 aromatic carbocycles. The molecule has 164 valence electrons. The number of oxazole rings is 1. The largest absolute Gasteiger partial charge is 0.444 e. The van der Waals surface area contributed by atoms with Crippen molar-refractivity contribution in [2.45, 2.75) is 38.4 Å². The van der Waals surface area contributed by atoms with Crippen molar-refractivity contribution < 1.29 is 4.42 Å². The van der Waals surface area contributed by atoms with Gasteiger partial charge in [0, 0.05) is 18.3 Å². The summed E-state index contributed by atoms with van der Waals surface area (Å²) in [5.74, 6) is 1.77. The van der Waals surface area contributed by atoms with Crippen molar-refractivity contribution in [3.8, 4) is 11.3 Å². The first-order valence-corrected chi connectivity index (χ1v) is 11.4. The first-order valence-electron chi connectivity index (χ1n) is 11.4. The monoisotopic (exact) mass is 435 g/mol. The molecule has 0 aliphatic heterocycles. The van der Waals surface area contributed by atoms with Gasteiger partial charge in [-0.05, 0) is 48.6 Å². The zero-order valence-electron chi connectivity index (χ0n) is 18.3. The minimum atomic E-state index is 0.261. The van der Waals surface area contributed by atoms with Crippen molar-refractivity contribution in [2.75, 3.05) is 0 Å². The maximum Gasteiger partial charge on any atom is 0.181 e. The van der Waals surface area contributed by atoms with Crippen LogP contribution < -0.4 is 0 Å². The molecule has 1 aliphatic carbocycles. The summed E-state index contributed by atoms with van der Waals surface area (Å²) >= 11 is 0. The van der Waals surface area contributed by atoms with Gasteiger partial charge in [0.1, 0.15) is 5.82 Å². The Labute approximate surface area is 192 Å². The van der Waals surface area contributed by atoms with Gasteiger partial charge in [-0.1, -0.05) is 42.5 Å². The number of nitrogens with zero attached hydrogens (tertiary/aromatic N) is 4. The van der Waals surface area contributed by atoms with E-state index < -0.39 is 0 Å². The highest BCUT2D eigenvalue weighted by Gasteiger charge is 2.28. The van der Waals surface area contributed by atoms with Crippen molar-refractivity contribution in [3.63, 3.8) is 0 Å². The van der Waals surface area contributed by atoms with Gasteiger partial charge in [-0.15, -0.1) is 0 Å². The van der Waals surface area contributed by atoms with Crippen molar-refractivity contribution >= 4 is 11.0 Å². The average Bonchev–Trinajstić information content (AvgIpc) is 3.54. The van der Waals surface area contributed by atoms with Gasteiger partial charge in [0.05, 0.1) is 35.5 Å². The van der Waals surface area contributed by atoms with Gasteiger partial charge in [-0.3, -0.25) is 9.88 Å². The summed E-state index contributed by atoms with van der Waals surface area (Å²) in [4.78, 5) is 19.7. The van der Waals surface area contributed by atoms with Crippen LogP contribution in [0.25, 0.3) is 22.4 Å². The number of para-hydroxylation sites is 2. The Morgan fingerprint density at radius 2 is 1.91 bits per heavy atom. The Morgan fingerprint density at radius 1 is 1.00 bits per heavy atom. The number of aromatic amines is 1. The average molecular weight is 436 g/mol. The lowest BCUT2D eigenvalue weighted by Gasteiger charge is -2.34. The lowest BCUT2D eigenvalue weighted by atomic mass is 9.90. The number of nitrogens with one attached hydrogen (secondary N) is 1. The molecule has 33 heavy (non-hydrogen) atoms. The number of hydrogen-bond donors (Lipinski definition) is 1. The van der Waals surface area contributed by atoms with E-state index in [4.69, 9.17) is 14.4 Å². The molecule has 6 rings (SSSR count). The number of pyridine rings is 1. The zero-order chi connectivity index (χ0) is 22.0. The van der Waals surface area contributed by atoms with Crippen LogP contribution in [0.2, 0.25) is 0 Å². The van der Waals surface area contributed by atoms with Gasteiger partial charge in [0.25, 0.3) is 0 Å². The van der Waals surface area contributed by atoms with Gasteiger partial charge in [-0.2, -0.15) is 0 Å². The zero-order valence-corrected chi connectivity index (χ0v) is 18.3. The fourth-order valence-corrected chi connectivity index (χ4v) is 4.86. The topological polar surface area (TPSA) is 70.8 Å². The molecule has 0 saturated heterocycles. The Morgan fingerprint density at radius 3 is 2.76 bits per heavy atom. The van der Waals surface area contributed by atoms with E-state index >= 15 is 0 Å². The highest BCUT2D eigenvalue weighted by molar-refractivity contribution is 5.74. The van der Waals surface area contributed by atoms with Crippen molar-refractivity contribution in [1.29, 1.82) is 0 Å². The number of H-pyrrole nitrogens is 1. The smallest absolute Gasteiger partial charge is 0.181 e. The van der Waals surface area contributed by atoms with E-state index in [0.29, 0.717) is 0 Å². The summed E-state index contributed by atoms with van der Waals surface area (Å²) in [6, 6.07) is 21.3. The van der Waals surface area contributed by atoms with Gasteiger partial charge in [0.2, 0.25) is 0 Å². The van der Waals surface area contributed by atoms with Crippen LogP contribution in [0.15, 0.2) is 83.9 Å². The fraction of sp³-hybridized carbons (Fsp3) is 0.222. The van der Waals surface area contributed by atoms with Crippen LogP contribution in [0.3, 0.4) is 0 Å². The van der Waals surface area contributed by atoms with E-state index in [0.717, 1.165) is 54.1 Å². The molecule has 1 unspecified atom stereocenters. The van der Waals surface area contributed by atoms with Gasteiger partial charge >= 0.3 is 0 Å². The highest BCUT2D eigenvalue weighted by atomic mass is 16.3. The molecule has 0 saturated carbocycles. The van der Waals surface area contributed by atoms with E-state index in [-0.39, 0.29) is 6.04 Å². The van der Waals surface area contributed by atoms with Crippen LogP contribution >= 0.6 is 0 Å². The third kappa shape index (κ3) is 4.05. The van der Waals surface area contributed by atoms with Crippen molar-refractivity contribution in [2.24, 2.45) is 0 Å². The van der Waals surface area contributed by atoms with E-state index in [9.17, 15) is 0 Å². The molecule has 0 amide bonds.